The third-order valence-corrected chi connectivity index (χ3v) is 1.69. The van der Waals surface area contributed by atoms with Crippen molar-refractivity contribution in [3.8, 4) is 11.8 Å². The molecule has 1 aliphatic rings. The molecular formula is C9H15NO. The molecule has 0 aromatic carbocycles. The SMILES string of the molecule is CCC#C[C@]1(C)CNCCO1. The molecule has 11 heavy (non-hydrogen) atoms. The summed E-state index contributed by atoms with van der Waals surface area (Å²) < 4.78 is 5.53. The van der Waals surface area contributed by atoms with Gasteiger partial charge in [-0.3, -0.25) is 0 Å². The van der Waals surface area contributed by atoms with E-state index in [2.05, 4.69) is 17.2 Å². The smallest absolute Gasteiger partial charge is 0.138 e. The van der Waals surface area contributed by atoms with E-state index >= 15 is 0 Å². The Hall–Kier alpha value is -0.520. The second-order valence-corrected chi connectivity index (χ2v) is 2.91. The zero-order chi connectivity index (χ0) is 8.16. The zero-order valence-electron chi connectivity index (χ0n) is 7.24. The van der Waals surface area contributed by atoms with Gasteiger partial charge in [-0.25, -0.2) is 0 Å². The summed E-state index contributed by atoms with van der Waals surface area (Å²) in [5, 5.41) is 3.26. The first-order chi connectivity index (χ1) is 5.27. The summed E-state index contributed by atoms with van der Waals surface area (Å²) in [6.07, 6.45) is 0.902. The highest BCUT2D eigenvalue weighted by Crippen LogP contribution is 2.10. The van der Waals surface area contributed by atoms with Gasteiger partial charge in [-0.1, -0.05) is 12.8 Å². The Bertz CT molecular complexity index is 172. The number of hydrogen-bond acceptors (Lipinski definition) is 2. The number of rotatable bonds is 0. The molecular weight excluding hydrogens is 138 g/mol. The molecule has 1 rings (SSSR count). The van der Waals surface area contributed by atoms with Crippen LogP contribution in [-0.2, 0) is 4.74 Å². The molecule has 0 saturated carbocycles. The van der Waals surface area contributed by atoms with Gasteiger partial charge < -0.3 is 10.1 Å². The van der Waals surface area contributed by atoms with E-state index in [9.17, 15) is 0 Å². The maximum atomic E-state index is 5.53. The fourth-order valence-corrected chi connectivity index (χ4v) is 1.08. The Morgan fingerprint density at radius 2 is 2.45 bits per heavy atom. The molecule has 1 fully saturated rings. The quantitative estimate of drug-likeness (QED) is 0.519. The van der Waals surface area contributed by atoms with E-state index in [0.717, 1.165) is 26.1 Å². The van der Waals surface area contributed by atoms with Gasteiger partial charge in [-0.05, 0) is 6.92 Å². The van der Waals surface area contributed by atoms with Gasteiger partial charge in [0.15, 0.2) is 0 Å². The van der Waals surface area contributed by atoms with Gasteiger partial charge in [0.1, 0.15) is 5.60 Å². The number of morpholine rings is 1. The number of hydrogen-bond donors (Lipinski definition) is 1. The fourth-order valence-electron chi connectivity index (χ4n) is 1.08. The van der Waals surface area contributed by atoms with Crippen LogP contribution in [0.2, 0.25) is 0 Å². The van der Waals surface area contributed by atoms with E-state index in [-0.39, 0.29) is 5.60 Å². The Balaban J connectivity index is 2.49. The minimum Gasteiger partial charge on any atom is -0.360 e. The van der Waals surface area contributed by atoms with Crippen LogP contribution in [0, 0.1) is 11.8 Å². The first-order valence-electron chi connectivity index (χ1n) is 4.11. The summed E-state index contributed by atoms with van der Waals surface area (Å²) in [6.45, 7) is 6.65. The molecule has 0 bridgehead atoms. The van der Waals surface area contributed by atoms with Gasteiger partial charge in [-0.2, -0.15) is 0 Å². The van der Waals surface area contributed by atoms with Crippen molar-refractivity contribution >= 4 is 0 Å². The van der Waals surface area contributed by atoms with Crippen LogP contribution in [0.5, 0.6) is 0 Å². The molecule has 1 atom stereocenters. The predicted molar refractivity (Wildman–Crippen MR) is 45.3 cm³/mol. The average molecular weight is 153 g/mol. The van der Waals surface area contributed by atoms with Crippen LogP contribution in [0.15, 0.2) is 0 Å². The molecule has 0 aliphatic carbocycles. The summed E-state index contributed by atoms with van der Waals surface area (Å²) in [7, 11) is 0. The lowest BCUT2D eigenvalue weighted by atomic mass is 10.1. The second-order valence-electron chi connectivity index (χ2n) is 2.91. The van der Waals surface area contributed by atoms with E-state index in [4.69, 9.17) is 4.74 Å². The molecule has 0 unspecified atom stereocenters. The lowest BCUT2D eigenvalue weighted by Gasteiger charge is -2.29. The van der Waals surface area contributed by atoms with Gasteiger partial charge in [0.25, 0.3) is 0 Å². The van der Waals surface area contributed by atoms with Gasteiger partial charge >= 0.3 is 0 Å². The van der Waals surface area contributed by atoms with Crippen LogP contribution in [0.1, 0.15) is 20.3 Å². The lowest BCUT2D eigenvalue weighted by Crippen LogP contribution is -2.46. The number of ether oxygens (including phenoxy) is 1. The van der Waals surface area contributed by atoms with Gasteiger partial charge in [0.2, 0.25) is 0 Å². The maximum absolute atomic E-state index is 5.53. The molecule has 0 radical (unpaired) electrons. The van der Waals surface area contributed by atoms with Crippen molar-refractivity contribution in [2.45, 2.75) is 25.9 Å². The molecule has 0 aromatic heterocycles. The minimum absolute atomic E-state index is 0.242. The molecule has 1 aliphatic heterocycles. The second kappa shape index (κ2) is 3.75. The summed E-state index contributed by atoms with van der Waals surface area (Å²) in [5.74, 6) is 6.16. The van der Waals surface area contributed by atoms with Crippen molar-refractivity contribution < 1.29 is 4.74 Å². The van der Waals surface area contributed by atoms with E-state index in [0.29, 0.717) is 0 Å². The highest BCUT2D eigenvalue weighted by molar-refractivity contribution is 5.14. The van der Waals surface area contributed by atoms with E-state index in [1.165, 1.54) is 0 Å². The zero-order valence-corrected chi connectivity index (χ0v) is 7.24. The lowest BCUT2D eigenvalue weighted by molar-refractivity contribution is -0.00985. The molecule has 2 heteroatoms. The molecule has 0 aromatic rings. The van der Waals surface area contributed by atoms with Crippen molar-refractivity contribution in [2.24, 2.45) is 0 Å². The van der Waals surface area contributed by atoms with Crippen LogP contribution in [-0.4, -0.2) is 25.3 Å². The molecule has 62 valence electrons. The molecule has 1 heterocycles. The third-order valence-electron chi connectivity index (χ3n) is 1.69. The highest BCUT2D eigenvalue weighted by atomic mass is 16.5. The summed E-state index contributed by atoms with van der Waals surface area (Å²) in [4.78, 5) is 0. The van der Waals surface area contributed by atoms with Crippen molar-refractivity contribution in [3.63, 3.8) is 0 Å². The van der Waals surface area contributed by atoms with Crippen LogP contribution in [0.3, 0.4) is 0 Å². The van der Waals surface area contributed by atoms with Gasteiger partial charge in [0.05, 0.1) is 6.61 Å². The van der Waals surface area contributed by atoms with E-state index in [1.54, 1.807) is 0 Å². The van der Waals surface area contributed by atoms with Crippen LogP contribution >= 0.6 is 0 Å². The highest BCUT2D eigenvalue weighted by Gasteiger charge is 2.24. The Morgan fingerprint density at radius 1 is 1.64 bits per heavy atom. The summed E-state index contributed by atoms with van der Waals surface area (Å²) >= 11 is 0. The molecule has 1 N–H and O–H groups in total. The van der Waals surface area contributed by atoms with Crippen LogP contribution in [0.25, 0.3) is 0 Å². The van der Waals surface area contributed by atoms with Crippen LogP contribution in [0.4, 0.5) is 0 Å². The van der Waals surface area contributed by atoms with E-state index < -0.39 is 0 Å². The summed E-state index contributed by atoms with van der Waals surface area (Å²) in [5.41, 5.74) is -0.242. The predicted octanol–water partition coefficient (Wildman–Crippen LogP) is 0.778. The average Bonchev–Trinajstić information content (AvgIpc) is 2.03. The third kappa shape index (κ3) is 2.53. The molecule has 0 spiro atoms. The first-order valence-corrected chi connectivity index (χ1v) is 4.11. The van der Waals surface area contributed by atoms with Crippen molar-refractivity contribution in [1.82, 2.24) is 5.32 Å². The van der Waals surface area contributed by atoms with Crippen molar-refractivity contribution in [2.75, 3.05) is 19.7 Å². The van der Waals surface area contributed by atoms with Crippen molar-refractivity contribution in [3.05, 3.63) is 0 Å². The fraction of sp³-hybridized carbons (Fsp3) is 0.778. The molecule has 1 saturated heterocycles. The molecule has 2 nitrogen and oxygen atoms in total. The molecule has 0 amide bonds. The van der Waals surface area contributed by atoms with Gasteiger partial charge in [0, 0.05) is 19.5 Å². The summed E-state index contributed by atoms with van der Waals surface area (Å²) in [6, 6.07) is 0. The Morgan fingerprint density at radius 3 is 3.00 bits per heavy atom. The Kier molecular flexibility index (Phi) is 2.92. The minimum atomic E-state index is -0.242. The Labute approximate surface area is 68.3 Å². The first kappa shape index (κ1) is 8.58. The standard InChI is InChI=1S/C9H15NO/c1-3-4-5-9(2)8-10-6-7-11-9/h10H,3,6-8H2,1-2H3/t9-/m1/s1. The topological polar surface area (TPSA) is 21.3 Å². The maximum Gasteiger partial charge on any atom is 0.138 e. The monoisotopic (exact) mass is 153 g/mol. The largest absolute Gasteiger partial charge is 0.360 e. The normalized spacial score (nSPS) is 30.7. The van der Waals surface area contributed by atoms with E-state index in [1.807, 2.05) is 13.8 Å². The van der Waals surface area contributed by atoms with Crippen molar-refractivity contribution in [1.29, 1.82) is 0 Å². The van der Waals surface area contributed by atoms with Crippen LogP contribution < -0.4 is 5.32 Å². The van der Waals surface area contributed by atoms with Gasteiger partial charge in [-0.15, -0.1) is 5.92 Å². The number of nitrogens with one attached hydrogen (secondary N) is 1.